The van der Waals surface area contributed by atoms with Gasteiger partial charge in [0.05, 0.1) is 5.52 Å². The molecule has 1 aliphatic carbocycles. The number of ether oxygens (including phenoxy) is 1. The van der Waals surface area contributed by atoms with E-state index in [1.807, 2.05) is 24.4 Å². The Balaban J connectivity index is 1.76. The van der Waals surface area contributed by atoms with Crippen molar-refractivity contribution in [1.29, 1.82) is 0 Å². The summed E-state index contributed by atoms with van der Waals surface area (Å²) in [5, 5.41) is 2.41. The minimum atomic E-state index is -3.22. The summed E-state index contributed by atoms with van der Waals surface area (Å²) in [4.78, 5) is 8.04. The van der Waals surface area contributed by atoms with Crippen LogP contribution in [0.25, 0.3) is 33.1 Å². The fourth-order valence-corrected chi connectivity index (χ4v) is 4.48. The molecule has 0 atom stereocenters. The second kappa shape index (κ2) is 6.55. The average Bonchev–Trinajstić information content (AvgIpc) is 3.17. The van der Waals surface area contributed by atoms with E-state index in [1.165, 1.54) is 21.9 Å². The summed E-state index contributed by atoms with van der Waals surface area (Å²) < 4.78 is 31.9. The molecule has 1 N–H and O–H groups in total. The van der Waals surface area contributed by atoms with Gasteiger partial charge in [0, 0.05) is 40.7 Å². The normalized spacial score (nSPS) is 14.3. The largest absolute Gasteiger partial charge is 0.432 e. The van der Waals surface area contributed by atoms with Crippen LogP contribution in [0.4, 0.5) is 8.78 Å². The molecule has 0 amide bonds. The van der Waals surface area contributed by atoms with E-state index in [2.05, 4.69) is 22.1 Å². The van der Waals surface area contributed by atoms with Gasteiger partial charge in [-0.3, -0.25) is 4.98 Å². The van der Waals surface area contributed by atoms with Crippen molar-refractivity contribution in [1.82, 2.24) is 9.97 Å². The minimum absolute atomic E-state index is 0.212. The van der Waals surface area contributed by atoms with Crippen LogP contribution < -0.4 is 4.74 Å². The highest BCUT2D eigenvalue weighted by molar-refractivity contribution is 6.08. The van der Waals surface area contributed by atoms with Crippen LogP contribution in [0.3, 0.4) is 0 Å². The molecule has 0 radical (unpaired) electrons. The Bertz CT molecular complexity index is 1240. The van der Waals surface area contributed by atoms with Gasteiger partial charge in [-0.2, -0.15) is 8.78 Å². The van der Waals surface area contributed by atoms with Crippen molar-refractivity contribution in [3.05, 3.63) is 59.3 Å². The fraction of sp³-hybridized carbons (Fsp3) is 0.292. The molecule has 0 bridgehead atoms. The Morgan fingerprint density at radius 1 is 1.03 bits per heavy atom. The number of aromatic amines is 1. The lowest BCUT2D eigenvalue weighted by molar-refractivity contribution is -0.159. The smallest absolute Gasteiger partial charge is 0.394 e. The van der Waals surface area contributed by atoms with Gasteiger partial charge in [-0.15, -0.1) is 0 Å². The maximum absolute atomic E-state index is 13.5. The summed E-state index contributed by atoms with van der Waals surface area (Å²) in [5.74, 6) is 0.212. The molecule has 0 spiro atoms. The quantitative estimate of drug-likeness (QED) is 0.429. The van der Waals surface area contributed by atoms with Crippen molar-refractivity contribution < 1.29 is 13.5 Å². The molecule has 0 saturated heterocycles. The van der Waals surface area contributed by atoms with E-state index < -0.39 is 6.11 Å². The number of hydrogen-bond acceptors (Lipinski definition) is 2. The SMILES string of the molecule is Cc1ccc(-c2[nH]c3ccc4nccc4c3c3c2CCCC3)cc1OC(C)(F)F. The minimum Gasteiger partial charge on any atom is -0.432 e. The van der Waals surface area contributed by atoms with Crippen LogP contribution in [0.2, 0.25) is 0 Å². The number of benzene rings is 2. The Morgan fingerprint density at radius 2 is 1.83 bits per heavy atom. The number of hydrogen-bond donors (Lipinski definition) is 1. The number of pyridine rings is 1. The molecule has 148 valence electrons. The molecular weight excluding hydrogens is 370 g/mol. The molecule has 0 fully saturated rings. The van der Waals surface area contributed by atoms with Gasteiger partial charge in [-0.1, -0.05) is 12.1 Å². The van der Waals surface area contributed by atoms with E-state index in [-0.39, 0.29) is 5.75 Å². The Hall–Kier alpha value is -2.95. The highest BCUT2D eigenvalue weighted by Crippen LogP contribution is 2.39. The number of nitrogens with one attached hydrogen (secondary N) is 1. The Labute approximate surface area is 167 Å². The number of nitrogens with zero attached hydrogens (tertiary/aromatic N) is 1. The van der Waals surface area contributed by atoms with E-state index >= 15 is 0 Å². The van der Waals surface area contributed by atoms with Crippen molar-refractivity contribution in [3.63, 3.8) is 0 Å². The van der Waals surface area contributed by atoms with Gasteiger partial charge in [0.25, 0.3) is 0 Å². The number of aromatic nitrogens is 2. The zero-order valence-electron chi connectivity index (χ0n) is 16.5. The summed E-state index contributed by atoms with van der Waals surface area (Å²) in [6.07, 6.45) is 2.89. The van der Waals surface area contributed by atoms with Crippen LogP contribution in [0.15, 0.2) is 42.6 Å². The highest BCUT2D eigenvalue weighted by Gasteiger charge is 2.25. The molecule has 5 heteroatoms. The zero-order valence-corrected chi connectivity index (χ0v) is 16.5. The van der Waals surface area contributed by atoms with Crippen molar-refractivity contribution >= 4 is 21.8 Å². The van der Waals surface area contributed by atoms with Gasteiger partial charge in [-0.25, -0.2) is 0 Å². The molecule has 29 heavy (non-hydrogen) atoms. The molecule has 2 aromatic heterocycles. The van der Waals surface area contributed by atoms with Gasteiger partial charge in [-0.05, 0) is 73.6 Å². The number of H-pyrrole nitrogens is 1. The number of aryl methyl sites for hydroxylation is 2. The molecule has 0 aliphatic heterocycles. The molecule has 2 heterocycles. The summed E-state index contributed by atoms with van der Waals surface area (Å²) in [6, 6.07) is 11.7. The molecule has 0 unspecified atom stereocenters. The molecule has 4 aromatic rings. The van der Waals surface area contributed by atoms with Gasteiger partial charge in [0.15, 0.2) is 0 Å². The number of halogens is 2. The molecular formula is C24H22F2N2O. The lowest BCUT2D eigenvalue weighted by Crippen LogP contribution is -2.19. The third-order valence-electron chi connectivity index (χ3n) is 5.77. The molecule has 5 rings (SSSR count). The van der Waals surface area contributed by atoms with E-state index in [0.29, 0.717) is 5.56 Å². The van der Waals surface area contributed by atoms with Crippen molar-refractivity contribution in [2.24, 2.45) is 0 Å². The highest BCUT2D eigenvalue weighted by atomic mass is 19.3. The van der Waals surface area contributed by atoms with E-state index in [1.54, 1.807) is 13.0 Å². The topological polar surface area (TPSA) is 37.9 Å². The average molecular weight is 392 g/mol. The second-order valence-corrected chi connectivity index (χ2v) is 7.92. The molecule has 2 aromatic carbocycles. The predicted molar refractivity (Wildman–Crippen MR) is 112 cm³/mol. The first kappa shape index (κ1) is 18.1. The monoisotopic (exact) mass is 392 g/mol. The van der Waals surface area contributed by atoms with Crippen LogP contribution in [0, 0.1) is 6.92 Å². The van der Waals surface area contributed by atoms with Crippen molar-refractivity contribution in [2.75, 3.05) is 0 Å². The predicted octanol–water partition coefficient (Wildman–Crippen LogP) is 6.56. The van der Waals surface area contributed by atoms with Crippen LogP contribution in [-0.4, -0.2) is 16.1 Å². The Morgan fingerprint density at radius 3 is 2.62 bits per heavy atom. The third kappa shape index (κ3) is 3.15. The van der Waals surface area contributed by atoms with Crippen molar-refractivity contribution in [2.45, 2.75) is 45.6 Å². The van der Waals surface area contributed by atoms with Crippen LogP contribution in [-0.2, 0) is 12.8 Å². The maximum Gasteiger partial charge on any atom is 0.394 e. The van der Waals surface area contributed by atoms with E-state index in [9.17, 15) is 8.78 Å². The Kier molecular flexibility index (Phi) is 4.09. The molecule has 1 aliphatic rings. The van der Waals surface area contributed by atoms with E-state index in [4.69, 9.17) is 4.74 Å². The summed E-state index contributed by atoms with van der Waals surface area (Å²) in [5.41, 5.74) is 7.23. The summed E-state index contributed by atoms with van der Waals surface area (Å²) in [6.45, 7) is 2.55. The van der Waals surface area contributed by atoms with Crippen LogP contribution in [0.1, 0.15) is 36.5 Å². The summed E-state index contributed by atoms with van der Waals surface area (Å²) >= 11 is 0. The van der Waals surface area contributed by atoms with Crippen molar-refractivity contribution in [3.8, 4) is 17.0 Å². The van der Waals surface area contributed by atoms with Gasteiger partial charge in [0.2, 0.25) is 0 Å². The zero-order chi connectivity index (χ0) is 20.2. The first-order valence-electron chi connectivity index (χ1n) is 10.00. The second-order valence-electron chi connectivity index (χ2n) is 7.92. The molecule has 3 nitrogen and oxygen atoms in total. The van der Waals surface area contributed by atoms with Gasteiger partial charge < -0.3 is 9.72 Å². The maximum atomic E-state index is 13.5. The van der Waals surface area contributed by atoms with E-state index in [0.717, 1.165) is 54.9 Å². The number of alkyl halides is 2. The van der Waals surface area contributed by atoms with Gasteiger partial charge in [0.1, 0.15) is 5.75 Å². The lowest BCUT2D eigenvalue weighted by Gasteiger charge is -2.23. The van der Waals surface area contributed by atoms with Crippen LogP contribution >= 0.6 is 0 Å². The molecule has 0 saturated carbocycles. The van der Waals surface area contributed by atoms with Gasteiger partial charge >= 0.3 is 6.11 Å². The first-order valence-corrected chi connectivity index (χ1v) is 10.00. The number of rotatable bonds is 3. The number of fused-ring (bicyclic) bond motifs is 5. The standard InChI is InChI=1S/C24H22F2N2O/c1-14-7-8-15(13-21(14)29-24(2,25)26)23-17-6-4-3-5-16(17)22-18-11-12-27-19(18)9-10-20(22)28-23/h7-13,28H,3-6H2,1-2H3. The lowest BCUT2D eigenvalue weighted by atomic mass is 9.85. The fourth-order valence-electron chi connectivity index (χ4n) is 4.48. The third-order valence-corrected chi connectivity index (χ3v) is 5.77. The van der Waals surface area contributed by atoms with Crippen LogP contribution in [0.5, 0.6) is 5.75 Å². The summed E-state index contributed by atoms with van der Waals surface area (Å²) in [7, 11) is 0. The first-order chi connectivity index (χ1) is 13.9.